The normalized spacial score (nSPS) is 11.2. The number of halogens is 3. The number of thioether (sulfide) groups is 1. The lowest BCUT2D eigenvalue weighted by Gasteiger charge is -2.02. The van der Waals surface area contributed by atoms with Gasteiger partial charge in [-0.15, -0.1) is 5.10 Å². The summed E-state index contributed by atoms with van der Waals surface area (Å²) in [6.45, 7) is 0. The Kier molecular flexibility index (Phi) is 3.72. The molecule has 0 spiro atoms. The Morgan fingerprint density at radius 1 is 1.33 bits per heavy atom. The molecule has 2 aromatic heterocycles. The van der Waals surface area contributed by atoms with Crippen molar-refractivity contribution in [1.29, 1.82) is 0 Å². The Balaban J connectivity index is 2.25. The van der Waals surface area contributed by atoms with E-state index in [0.717, 1.165) is 0 Å². The Hall–Kier alpha value is -1.45. The van der Waals surface area contributed by atoms with E-state index in [-0.39, 0.29) is 28.1 Å². The molecular weight excluding hydrogens is 383 g/mol. The number of nitrogens with two attached hydrogens (primary N) is 1. The van der Waals surface area contributed by atoms with E-state index in [9.17, 15) is 4.39 Å². The quantitative estimate of drug-likeness (QED) is 0.678. The standard InChI is InChI=1S/C11H7BrClFN6S/c1-21-11-17-9(15)20-10(18-11)16-8(19-20)7-5(12)2-4(13)3-6(7)14/h2-3H,1H3,(H2,15,16,17,18,19). The van der Waals surface area contributed by atoms with Crippen LogP contribution in [0.25, 0.3) is 17.2 Å². The second kappa shape index (κ2) is 5.39. The van der Waals surface area contributed by atoms with Gasteiger partial charge < -0.3 is 5.73 Å². The van der Waals surface area contributed by atoms with Crippen LogP contribution in [0.15, 0.2) is 21.8 Å². The van der Waals surface area contributed by atoms with Crippen molar-refractivity contribution in [3.05, 3.63) is 27.4 Å². The van der Waals surface area contributed by atoms with Gasteiger partial charge in [-0.25, -0.2) is 4.39 Å². The monoisotopic (exact) mass is 388 g/mol. The van der Waals surface area contributed by atoms with Crippen molar-refractivity contribution in [3.8, 4) is 11.4 Å². The summed E-state index contributed by atoms with van der Waals surface area (Å²) in [7, 11) is 0. The molecule has 0 aliphatic rings. The molecule has 1 aromatic carbocycles. The maximum Gasteiger partial charge on any atom is 0.258 e. The highest BCUT2D eigenvalue weighted by molar-refractivity contribution is 9.10. The number of rotatable bonds is 2. The molecule has 0 aliphatic heterocycles. The van der Waals surface area contributed by atoms with Gasteiger partial charge in [0.2, 0.25) is 5.95 Å². The molecule has 0 saturated carbocycles. The van der Waals surface area contributed by atoms with Gasteiger partial charge in [-0.05, 0) is 34.3 Å². The predicted molar refractivity (Wildman–Crippen MR) is 82.9 cm³/mol. The van der Waals surface area contributed by atoms with Crippen molar-refractivity contribution >= 4 is 51.0 Å². The SMILES string of the molecule is CSc1nc(N)n2nc(-c3c(F)cc(Cl)cc3Br)nc2n1. The summed E-state index contributed by atoms with van der Waals surface area (Å²) in [6, 6.07) is 2.75. The summed E-state index contributed by atoms with van der Waals surface area (Å²) >= 11 is 10.4. The van der Waals surface area contributed by atoms with Crippen LogP contribution >= 0.6 is 39.3 Å². The third kappa shape index (κ3) is 2.56. The van der Waals surface area contributed by atoms with Crippen LogP contribution < -0.4 is 5.73 Å². The molecule has 0 atom stereocenters. The smallest absolute Gasteiger partial charge is 0.258 e. The molecule has 0 amide bonds. The molecule has 21 heavy (non-hydrogen) atoms. The van der Waals surface area contributed by atoms with Gasteiger partial charge >= 0.3 is 0 Å². The van der Waals surface area contributed by atoms with Crippen molar-refractivity contribution in [2.75, 3.05) is 12.0 Å². The summed E-state index contributed by atoms with van der Waals surface area (Å²) in [5.41, 5.74) is 5.98. The minimum atomic E-state index is -0.540. The van der Waals surface area contributed by atoms with E-state index < -0.39 is 5.82 Å². The fourth-order valence-corrected chi connectivity index (χ4v) is 3.05. The number of fused-ring (bicyclic) bond motifs is 1. The van der Waals surface area contributed by atoms with Crippen molar-refractivity contribution in [2.24, 2.45) is 0 Å². The average Bonchev–Trinajstić information content (AvgIpc) is 2.81. The van der Waals surface area contributed by atoms with E-state index in [1.165, 1.54) is 22.3 Å². The van der Waals surface area contributed by atoms with Gasteiger partial charge in [-0.1, -0.05) is 23.4 Å². The molecule has 10 heteroatoms. The van der Waals surface area contributed by atoms with Gasteiger partial charge in [0.05, 0.1) is 5.56 Å². The minimum Gasteiger partial charge on any atom is -0.368 e. The van der Waals surface area contributed by atoms with Gasteiger partial charge in [-0.2, -0.15) is 19.5 Å². The van der Waals surface area contributed by atoms with E-state index in [2.05, 4.69) is 36.0 Å². The first-order chi connectivity index (χ1) is 9.99. The highest BCUT2D eigenvalue weighted by atomic mass is 79.9. The number of anilines is 1. The molecule has 0 unspecified atom stereocenters. The third-order valence-corrected chi connectivity index (χ3v) is 4.02. The molecule has 0 saturated heterocycles. The Bertz CT molecular complexity index is 831. The van der Waals surface area contributed by atoms with E-state index in [1.807, 2.05) is 6.26 Å². The van der Waals surface area contributed by atoms with Crippen LogP contribution in [0, 0.1) is 5.82 Å². The average molecular weight is 390 g/mol. The van der Waals surface area contributed by atoms with Gasteiger partial charge in [0.15, 0.2) is 11.0 Å². The van der Waals surface area contributed by atoms with Gasteiger partial charge in [0, 0.05) is 9.50 Å². The molecule has 0 radical (unpaired) electrons. The molecular formula is C11H7BrClFN6S. The Labute approximate surface area is 136 Å². The predicted octanol–water partition coefficient (Wildman–Crippen LogP) is 3.05. The van der Waals surface area contributed by atoms with Crippen molar-refractivity contribution in [3.63, 3.8) is 0 Å². The number of hydrogen-bond donors (Lipinski definition) is 1. The molecule has 0 aliphatic carbocycles. The van der Waals surface area contributed by atoms with Crippen LogP contribution in [0.1, 0.15) is 0 Å². The highest BCUT2D eigenvalue weighted by Gasteiger charge is 2.18. The summed E-state index contributed by atoms with van der Waals surface area (Å²) in [4.78, 5) is 12.4. The van der Waals surface area contributed by atoms with Gasteiger partial charge in [0.25, 0.3) is 5.78 Å². The summed E-state index contributed by atoms with van der Waals surface area (Å²) in [5.74, 6) is -0.00566. The lowest BCUT2D eigenvalue weighted by Crippen LogP contribution is -2.04. The lowest BCUT2D eigenvalue weighted by atomic mass is 10.2. The van der Waals surface area contributed by atoms with E-state index in [4.69, 9.17) is 17.3 Å². The maximum absolute atomic E-state index is 14.1. The number of hydrogen-bond acceptors (Lipinski definition) is 6. The summed E-state index contributed by atoms with van der Waals surface area (Å²) in [6.07, 6.45) is 1.82. The van der Waals surface area contributed by atoms with Crippen LogP contribution in [0.4, 0.5) is 10.3 Å². The van der Waals surface area contributed by atoms with E-state index in [0.29, 0.717) is 9.63 Å². The molecule has 2 N–H and O–H groups in total. The van der Waals surface area contributed by atoms with E-state index in [1.54, 1.807) is 6.07 Å². The number of nitrogen functional groups attached to an aromatic ring is 1. The third-order valence-electron chi connectivity index (χ3n) is 2.63. The number of nitrogens with zero attached hydrogens (tertiary/aromatic N) is 5. The van der Waals surface area contributed by atoms with Crippen LogP contribution in [0.2, 0.25) is 5.02 Å². The molecule has 6 nitrogen and oxygen atoms in total. The number of aromatic nitrogens is 5. The first-order valence-corrected chi connectivity index (χ1v) is 7.98. The maximum atomic E-state index is 14.1. The second-order valence-electron chi connectivity index (χ2n) is 3.96. The van der Waals surface area contributed by atoms with Crippen molar-refractivity contribution in [2.45, 2.75) is 5.16 Å². The van der Waals surface area contributed by atoms with Crippen LogP contribution in [0.5, 0.6) is 0 Å². The zero-order chi connectivity index (χ0) is 15.1. The molecule has 3 aromatic rings. The lowest BCUT2D eigenvalue weighted by molar-refractivity contribution is 0.629. The second-order valence-corrected chi connectivity index (χ2v) is 6.02. The molecule has 0 bridgehead atoms. The fourth-order valence-electron chi connectivity index (χ4n) is 1.74. The molecule has 2 heterocycles. The first-order valence-electron chi connectivity index (χ1n) is 5.59. The van der Waals surface area contributed by atoms with Crippen LogP contribution in [-0.4, -0.2) is 30.8 Å². The highest BCUT2D eigenvalue weighted by Crippen LogP contribution is 2.32. The van der Waals surface area contributed by atoms with E-state index >= 15 is 0 Å². The van der Waals surface area contributed by atoms with Crippen molar-refractivity contribution < 1.29 is 4.39 Å². The summed E-state index contributed by atoms with van der Waals surface area (Å²) in [5, 5.41) is 4.88. The topological polar surface area (TPSA) is 82.0 Å². The van der Waals surface area contributed by atoms with Crippen molar-refractivity contribution in [1.82, 2.24) is 24.6 Å². The Morgan fingerprint density at radius 2 is 2.10 bits per heavy atom. The largest absolute Gasteiger partial charge is 0.368 e. The van der Waals surface area contributed by atoms with Gasteiger partial charge in [-0.3, -0.25) is 0 Å². The van der Waals surface area contributed by atoms with Crippen LogP contribution in [0.3, 0.4) is 0 Å². The molecule has 108 valence electrons. The molecule has 3 rings (SSSR count). The summed E-state index contributed by atoms with van der Waals surface area (Å²) < 4.78 is 15.8. The zero-order valence-corrected chi connectivity index (χ0v) is 13.7. The first kappa shape index (κ1) is 14.5. The zero-order valence-electron chi connectivity index (χ0n) is 10.5. The van der Waals surface area contributed by atoms with Gasteiger partial charge in [0.1, 0.15) is 5.82 Å². The Morgan fingerprint density at radius 3 is 2.76 bits per heavy atom. The minimum absolute atomic E-state index is 0.133. The number of benzene rings is 1. The molecule has 0 fully saturated rings. The fraction of sp³-hybridized carbons (Fsp3) is 0.0909. The van der Waals surface area contributed by atoms with Crippen LogP contribution in [-0.2, 0) is 0 Å².